The lowest BCUT2D eigenvalue weighted by molar-refractivity contribution is 0.0531. The van der Waals surface area contributed by atoms with Gasteiger partial charge in [-0.15, -0.1) is 0 Å². The van der Waals surface area contributed by atoms with Crippen LogP contribution in [0.3, 0.4) is 0 Å². The van der Waals surface area contributed by atoms with Gasteiger partial charge in [0.1, 0.15) is 0 Å². The lowest BCUT2D eigenvalue weighted by Crippen LogP contribution is -2.41. The second-order valence-corrected chi connectivity index (χ2v) is 6.47. The Bertz CT molecular complexity index is 448. The van der Waals surface area contributed by atoms with Crippen molar-refractivity contribution in [3.8, 4) is 0 Å². The van der Waals surface area contributed by atoms with E-state index in [1.165, 1.54) is 24.1 Å². The van der Waals surface area contributed by atoms with Crippen molar-refractivity contribution in [2.24, 2.45) is 0 Å². The number of anilines is 1. The quantitative estimate of drug-likeness (QED) is 0.921. The summed E-state index contributed by atoms with van der Waals surface area (Å²) in [6.45, 7) is 5.91. The van der Waals surface area contributed by atoms with Crippen molar-refractivity contribution >= 4 is 21.6 Å². The average molecular weight is 325 g/mol. The average Bonchev–Trinajstić information content (AvgIpc) is 3.20. The van der Waals surface area contributed by atoms with Crippen LogP contribution in [0.4, 0.5) is 5.69 Å². The van der Waals surface area contributed by atoms with Crippen LogP contribution in [0.1, 0.15) is 25.3 Å². The van der Waals surface area contributed by atoms with Crippen LogP contribution in [0.2, 0.25) is 0 Å². The van der Waals surface area contributed by atoms with Crippen LogP contribution in [0.25, 0.3) is 0 Å². The van der Waals surface area contributed by atoms with E-state index >= 15 is 0 Å². The Morgan fingerprint density at radius 2 is 2.26 bits per heavy atom. The van der Waals surface area contributed by atoms with Gasteiger partial charge in [-0.2, -0.15) is 0 Å². The summed E-state index contributed by atoms with van der Waals surface area (Å²) < 4.78 is 6.79. The van der Waals surface area contributed by atoms with Gasteiger partial charge in [0.25, 0.3) is 0 Å². The Kier molecular flexibility index (Phi) is 4.10. The van der Waals surface area contributed by atoms with Crippen LogP contribution >= 0.6 is 15.9 Å². The molecule has 104 valence electrons. The summed E-state index contributed by atoms with van der Waals surface area (Å²) >= 11 is 3.58. The zero-order valence-electron chi connectivity index (χ0n) is 11.4. The molecule has 0 spiro atoms. The topological polar surface area (TPSA) is 24.5 Å². The maximum atomic E-state index is 5.63. The molecule has 1 atom stereocenters. The second-order valence-electron chi connectivity index (χ2n) is 5.56. The highest BCUT2D eigenvalue weighted by Gasteiger charge is 2.22. The summed E-state index contributed by atoms with van der Waals surface area (Å²) in [5.74, 6) is 0. The van der Waals surface area contributed by atoms with Crippen molar-refractivity contribution in [3.63, 3.8) is 0 Å². The third-order valence-corrected chi connectivity index (χ3v) is 4.28. The number of rotatable bonds is 4. The number of nitrogens with zero attached hydrogens (tertiary/aromatic N) is 1. The van der Waals surface area contributed by atoms with Gasteiger partial charge < -0.3 is 15.0 Å². The van der Waals surface area contributed by atoms with Crippen LogP contribution in [0.5, 0.6) is 0 Å². The molecule has 2 fully saturated rings. The Labute approximate surface area is 123 Å². The molecule has 1 aromatic carbocycles. The van der Waals surface area contributed by atoms with Crippen LogP contribution in [0.15, 0.2) is 22.7 Å². The Balaban J connectivity index is 1.77. The number of benzene rings is 1. The molecule has 4 heteroatoms. The van der Waals surface area contributed by atoms with E-state index in [9.17, 15) is 0 Å². The first-order valence-corrected chi connectivity index (χ1v) is 7.90. The van der Waals surface area contributed by atoms with E-state index < -0.39 is 0 Å². The molecule has 2 aliphatic rings. The van der Waals surface area contributed by atoms with Gasteiger partial charge in [0.15, 0.2) is 0 Å². The number of ether oxygens (including phenoxy) is 1. The molecule has 0 radical (unpaired) electrons. The summed E-state index contributed by atoms with van der Waals surface area (Å²) in [6.07, 6.45) is 2.98. The molecule has 3 nitrogen and oxygen atoms in total. The van der Waals surface area contributed by atoms with Crippen molar-refractivity contribution in [1.29, 1.82) is 0 Å². The Hall–Kier alpha value is -0.580. The third-order valence-electron chi connectivity index (χ3n) is 3.78. The number of nitrogens with one attached hydrogen (secondary N) is 1. The van der Waals surface area contributed by atoms with Gasteiger partial charge in [-0.25, -0.2) is 0 Å². The summed E-state index contributed by atoms with van der Waals surface area (Å²) in [5.41, 5.74) is 2.74. The molecule has 1 aliphatic heterocycles. The predicted octanol–water partition coefficient (Wildman–Crippen LogP) is 2.93. The van der Waals surface area contributed by atoms with Crippen LogP contribution in [-0.4, -0.2) is 31.8 Å². The van der Waals surface area contributed by atoms with Crippen LogP contribution in [-0.2, 0) is 11.3 Å². The second kappa shape index (κ2) is 5.81. The van der Waals surface area contributed by atoms with Crippen molar-refractivity contribution in [2.45, 2.75) is 38.5 Å². The fourth-order valence-corrected chi connectivity index (χ4v) is 2.99. The van der Waals surface area contributed by atoms with Gasteiger partial charge in [0.2, 0.25) is 0 Å². The van der Waals surface area contributed by atoms with Crippen molar-refractivity contribution in [2.75, 3.05) is 24.6 Å². The highest BCUT2D eigenvalue weighted by molar-refractivity contribution is 9.10. The van der Waals surface area contributed by atoms with E-state index in [2.05, 4.69) is 51.3 Å². The fraction of sp³-hybridized carbons (Fsp3) is 0.600. The van der Waals surface area contributed by atoms with Crippen molar-refractivity contribution in [3.05, 3.63) is 28.2 Å². The number of morpholine rings is 1. The van der Waals surface area contributed by atoms with Crippen LogP contribution < -0.4 is 10.2 Å². The Morgan fingerprint density at radius 3 is 3.00 bits per heavy atom. The first kappa shape index (κ1) is 13.4. The normalized spacial score (nSPS) is 23.7. The summed E-state index contributed by atoms with van der Waals surface area (Å²) in [5, 5.41) is 3.61. The highest BCUT2D eigenvalue weighted by atomic mass is 79.9. The zero-order chi connectivity index (χ0) is 13.2. The minimum Gasteiger partial charge on any atom is -0.375 e. The van der Waals surface area contributed by atoms with E-state index in [0.717, 1.165) is 36.8 Å². The van der Waals surface area contributed by atoms with E-state index in [0.29, 0.717) is 6.10 Å². The van der Waals surface area contributed by atoms with Crippen LogP contribution in [0, 0.1) is 0 Å². The van der Waals surface area contributed by atoms with E-state index in [4.69, 9.17) is 4.74 Å². The molecule has 1 aliphatic carbocycles. The molecule has 0 amide bonds. The summed E-state index contributed by atoms with van der Waals surface area (Å²) in [7, 11) is 0. The van der Waals surface area contributed by atoms with Gasteiger partial charge >= 0.3 is 0 Å². The largest absolute Gasteiger partial charge is 0.375 e. The first-order valence-electron chi connectivity index (χ1n) is 7.11. The minimum atomic E-state index is 0.321. The predicted molar refractivity (Wildman–Crippen MR) is 81.6 cm³/mol. The monoisotopic (exact) mass is 324 g/mol. The lowest BCUT2D eigenvalue weighted by Gasteiger charge is -2.34. The SMILES string of the molecule is CC1CN(c2ccc(Br)cc2CNC2CC2)CCO1. The minimum absolute atomic E-state index is 0.321. The molecule has 1 heterocycles. The van der Waals surface area contributed by atoms with Crippen molar-refractivity contribution in [1.82, 2.24) is 5.32 Å². The maximum Gasteiger partial charge on any atom is 0.0722 e. The molecular weight excluding hydrogens is 304 g/mol. The molecule has 1 aromatic rings. The molecular formula is C15H21BrN2O. The zero-order valence-corrected chi connectivity index (χ0v) is 12.9. The lowest BCUT2D eigenvalue weighted by atomic mass is 10.1. The molecule has 1 saturated heterocycles. The van der Waals surface area contributed by atoms with Gasteiger partial charge in [0.05, 0.1) is 12.7 Å². The standard InChI is InChI=1S/C15H21BrN2O/c1-11-10-18(6-7-19-11)15-5-2-13(16)8-12(15)9-17-14-3-4-14/h2,5,8,11,14,17H,3-4,6-7,9-10H2,1H3. The van der Waals surface area contributed by atoms with Gasteiger partial charge in [-0.3, -0.25) is 0 Å². The summed E-state index contributed by atoms with van der Waals surface area (Å²) in [6, 6.07) is 7.35. The molecule has 1 saturated carbocycles. The van der Waals surface area contributed by atoms with Crippen molar-refractivity contribution < 1.29 is 4.74 Å². The van der Waals surface area contributed by atoms with Gasteiger partial charge in [0, 0.05) is 35.8 Å². The van der Waals surface area contributed by atoms with E-state index in [-0.39, 0.29) is 0 Å². The smallest absolute Gasteiger partial charge is 0.0722 e. The van der Waals surface area contributed by atoms with E-state index in [1.54, 1.807) is 0 Å². The Morgan fingerprint density at radius 1 is 1.42 bits per heavy atom. The number of hydrogen-bond donors (Lipinski definition) is 1. The number of hydrogen-bond acceptors (Lipinski definition) is 3. The molecule has 0 bridgehead atoms. The molecule has 3 rings (SSSR count). The molecule has 0 aromatic heterocycles. The molecule has 19 heavy (non-hydrogen) atoms. The fourth-order valence-electron chi connectivity index (χ4n) is 2.58. The summed E-state index contributed by atoms with van der Waals surface area (Å²) in [4.78, 5) is 2.45. The maximum absolute atomic E-state index is 5.63. The van der Waals surface area contributed by atoms with Gasteiger partial charge in [-0.1, -0.05) is 15.9 Å². The van der Waals surface area contributed by atoms with Gasteiger partial charge in [-0.05, 0) is 43.5 Å². The molecule has 1 N–H and O–H groups in total. The number of halogens is 1. The first-order chi connectivity index (χ1) is 9.22. The van der Waals surface area contributed by atoms with E-state index in [1.807, 2.05) is 0 Å². The molecule has 1 unspecified atom stereocenters. The highest BCUT2D eigenvalue weighted by Crippen LogP contribution is 2.27. The third kappa shape index (κ3) is 3.50.